The SMILES string of the molecule is O=C(CC(C(=O)OCCOCC(F)(F)C(F)(F)F)C(C(=O)OCCOCC(F)(F)C(F)(F)F)S(=O)(=O)O)OCCOCC(F)(F)C(F)(F)F. The zero-order valence-electron chi connectivity index (χ0n) is 23.7. The van der Waals surface area contributed by atoms with Crippen LogP contribution in [-0.4, -0.2) is 132 Å². The van der Waals surface area contributed by atoms with E-state index in [1.807, 2.05) is 0 Å². The number of ether oxygens (including phenoxy) is 6. The van der Waals surface area contributed by atoms with Crippen LogP contribution >= 0.6 is 0 Å². The third-order valence-electron chi connectivity index (χ3n) is 5.14. The van der Waals surface area contributed by atoms with Crippen molar-refractivity contribution in [2.45, 2.75) is 48.0 Å². The number of halogens is 15. The van der Waals surface area contributed by atoms with Crippen molar-refractivity contribution in [2.24, 2.45) is 5.92 Å². The molecule has 2 unspecified atom stereocenters. The summed E-state index contributed by atoms with van der Waals surface area (Å²) in [6.07, 6.45) is -19.9. The van der Waals surface area contributed by atoms with Crippen molar-refractivity contribution in [1.29, 1.82) is 0 Å². The molecule has 0 saturated heterocycles. The first-order valence-electron chi connectivity index (χ1n) is 12.4. The Labute approximate surface area is 263 Å². The molecule has 2 atom stereocenters. The monoisotopic (exact) mass is 784 g/mol. The van der Waals surface area contributed by atoms with Gasteiger partial charge in [-0.3, -0.25) is 18.9 Å². The Balaban J connectivity index is 5.65. The standard InChI is InChI=1S/C21H23F15O12S/c22-16(23,19(28,29)30)8-43-1-4-46-12(37)7-11(14(38)47-5-2-44-9-17(24,25)20(31,32)33)13(49(40,41)42)15(39)48-6-3-45-10-18(26,27)21(34,35)36/h11,13H,1-10H2,(H,40,41,42). The average molecular weight is 784 g/mol. The number of hydrogen-bond acceptors (Lipinski definition) is 11. The molecule has 0 aromatic heterocycles. The molecule has 0 fully saturated rings. The molecule has 290 valence electrons. The Bertz CT molecular complexity index is 1190. The fourth-order valence-corrected chi connectivity index (χ4v) is 3.63. The molecule has 0 saturated carbocycles. The van der Waals surface area contributed by atoms with Gasteiger partial charge in [-0.2, -0.15) is 74.3 Å². The highest BCUT2D eigenvalue weighted by Crippen LogP contribution is 2.37. The number of hydrogen-bond donors (Lipinski definition) is 1. The summed E-state index contributed by atoms with van der Waals surface area (Å²) in [5, 5.41) is -3.26. The smallest absolute Gasteiger partial charge is 0.455 e. The molecule has 0 aliphatic heterocycles. The van der Waals surface area contributed by atoms with E-state index in [-0.39, 0.29) is 0 Å². The van der Waals surface area contributed by atoms with Crippen molar-refractivity contribution in [1.82, 2.24) is 0 Å². The summed E-state index contributed by atoms with van der Waals surface area (Å²) in [5.74, 6) is -25.1. The molecule has 28 heteroatoms. The molecule has 0 aliphatic carbocycles. The minimum Gasteiger partial charge on any atom is -0.463 e. The maximum Gasteiger partial charge on any atom is 0.455 e. The van der Waals surface area contributed by atoms with E-state index in [1.165, 1.54) is 0 Å². The molecule has 0 aromatic carbocycles. The van der Waals surface area contributed by atoms with Gasteiger partial charge in [-0.05, 0) is 0 Å². The first kappa shape index (κ1) is 46.1. The number of carbonyl (C=O) groups excluding carboxylic acids is 3. The van der Waals surface area contributed by atoms with Crippen molar-refractivity contribution >= 4 is 28.0 Å². The molecule has 49 heavy (non-hydrogen) atoms. The molecule has 0 amide bonds. The van der Waals surface area contributed by atoms with Gasteiger partial charge in [-0.25, -0.2) is 0 Å². The second-order valence-corrected chi connectivity index (χ2v) is 10.6. The lowest BCUT2D eigenvalue weighted by molar-refractivity contribution is -0.297. The topological polar surface area (TPSA) is 161 Å². The summed E-state index contributed by atoms with van der Waals surface area (Å²) in [6, 6.07) is 0. The molecular formula is C21H23F15O12S. The number of rotatable bonds is 21. The van der Waals surface area contributed by atoms with Crippen LogP contribution in [0, 0.1) is 5.92 Å². The minimum absolute atomic E-state index is 1.18. The van der Waals surface area contributed by atoms with Gasteiger partial charge in [0.15, 0.2) is 5.25 Å². The van der Waals surface area contributed by atoms with Gasteiger partial charge in [-0.15, -0.1) is 0 Å². The second kappa shape index (κ2) is 17.9. The van der Waals surface area contributed by atoms with E-state index in [2.05, 4.69) is 28.4 Å². The van der Waals surface area contributed by atoms with Crippen LogP contribution in [0.25, 0.3) is 0 Å². The van der Waals surface area contributed by atoms with Crippen LogP contribution in [0.2, 0.25) is 0 Å². The zero-order valence-corrected chi connectivity index (χ0v) is 24.6. The fourth-order valence-electron chi connectivity index (χ4n) is 2.70. The van der Waals surface area contributed by atoms with E-state index < -0.39 is 141 Å². The van der Waals surface area contributed by atoms with Gasteiger partial charge in [0.2, 0.25) is 0 Å². The van der Waals surface area contributed by atoms with Gasteiger partial charge >= 0.3 is 54.2 Å². The first-order valence-corrected chi connectivity index (χ1v) is 13.9. The van der Waals surface area contributed by atoms with Crippen LogP contribution < -0.4 is 0 Å². The van der Waals surface area contributed by atoms with Crippen LogP contribution in [0.15, 0.2) is 0 Å². The van der Waals surface area contributed by atoms with Gasteiger partial charge in [0.25, 0.3) is 10.1 Å². The quantitative estimate of drug-likeness (QED) is 0.0594. The lowest BCUT2D eigenvalue weighted by atomic mass is 10.0. The van der Waals surface area contributed by atoms with Gasteiger partial charge < -0.3 is 28.4 Å². The normalized spacial score (nSPS) is 15.0. The summed E-state index contributed by atoms with van der Waals surface area (Å²) < 4.78 is 245. The molecule has 0 bridgehead atoms. The van der Waals surface area contributed by atoms with Gasteiger partial charge in [0.05, 0.1) is 32.2 Å². The molecule has 0 heterocycles. The molecule has 0 aliphatic rings. The Hall–Kier alpha value is -2.85. The maximum absolute atomic E-state index is 12.9. The van der Waals surface area contributed by atoms with Crippen LogP contribution in [0.4, 0.5) is 65.9 Å². The summed E-state index contributed by atoms with van der Waals surface area (Å²) in [7, 11) is -5.93. The summed E-state index contributed by atoms with van der Waals surface area (Å²) in [4.78, 5) is 37.1. The summed E-state index contributed by atoms with van der Waals surface area (Å²) in [5.41, 5.74) is 0. The highest BCUT2D eigenvalue weighted by Gasteiger charge is 2.59. The van der Waals surface area contributed by atoms with Crippen molar-refractivity contribution in [2.75, 3.05) is 59.5 Å². The van der Waals surface area contributed by atoms with Gasteiger partial charge in [0, 0.05) is 0 Å². The fraction of sp³-hybridized carbons (Fsp3) is 0.857. The number of esters is 3. The predicted molar refractivity (Wildman–Crippen MR) is 122 cm³/mol. The third-order valence-corrected chi connectivity index (χ3v) is 6.30. The first-order chi connectivity index (χ1) is 21.9. The van der Waals surface area contributed by atoms with E-state index in [0.29, 0.717) is 0 Å². The van der Waals surface area contributed by atoms with Gasteiger partial charge in [-0.1, -0.05) is 0 Å². The molecular weight excluding hydrogens is 761 g/mol. The Morgan fingerprint density at radius 1 is 0.510 bits per heavy atom. The average Bonchev–Trinajstić information content (AvgIpc) is 2.89. The Morgan fingerprint density at radius 2 is 0.816 bits per heavy atom. The van der Waals surface area contributed by atoms with E-state index >= 15 is 0 Å². The van der Waals surface area contributed by atoms with E-state index in [9.17, 15) is 93.2 Å². The Morgan fingerprint density at radius 3 is 1.12 bits per heavy atom. The van der Waals surface area contributed by atoms with E-state index in [4.69, 9.17) is 0 Å². The minimum atomic E-state index is -6.08. The van der Waals surface area contributed by atoms with Crippen molar-refractivity contribution in [3.63, 3.8) is 0 Å². The third kappa shape index (κ3) is 15.7. The lowest BCUT2D eigenvalue weighted by Gasteiger charge is -2.22. The molecule has 0 rings (SSSR count). The molecule has 12 nitrogen and oxygen atoms in total. The summed E-state index contributed by atoms with van der Waals surface area (Å²) in [6.45, 7) is -14.5. The molecule has 0 spiro atoms. The number of alkyl halides is 15. The van der Waals surface area contributed by atoms with E-state index in [0.717, 1.165) is 0 Å². The van der Waals surface area contributed by atoms with Crippen LogP contribution in [0.3, 0.4) is 0 Å². The highest BCUT2D eigenvalue weighted by atomic mass is 32.2. The lowest BCUT2D eigenvalue weighted by Crippen LogP contribution is -2.45. The van der Waals surface area contributed by atoms with Crippen molar-refractivity contribution in [3.8, 4) is 0 Å². The van der Waals surface area contributed by atoms with Crippen molar-refractivity contribution in [3.05, 3.63) is 0 Å². The number of carbonyl (C=O) groups is 3. The predicted octanol–water partition coefficient (Wildman–Crippen LogP) is 3.52. The van der Waals surface area contributed by atoms with Crippen LogP contribution in [-0.2, 0) is 52.9 Å². The molecule has 1 N–H and O–H groups in total. The molecule has 0 radical (unpaired) electrons. The second-order valence-electron chi connectivity index (χ2n) is 9.07. The zero-order chi connectivity index (χ0) is 38.7. The van der Waals surface area contributed by atoms with Gasteiger partial charge in [0.1, 0.15) is 39.6 Å². The van der Waals surface area contributed by atoms with Crippen LogP contribution in [0.1, 0.15) is 6.42 Å². The van der Waals surface area contributed by atoms with Crippen LogP contribution in [0.5, 0.6) is 0 Å². The van der Waals surface area contributed by atoms with Crippen molar-refractivity contribution < 1.29 is 122 Å². The van der Waals surface area contributed by atoms with E-state index in [1.54, 1.807) is 0 Å². The highest BCUT2D eigenvalue weighted by molar-refractivity contribution is 7.87. The maximum atomic E-state index is 12.9. The Kier molecular flexibility index (Phi) is 16.8. The summed E-state index contributed by atoms with van der Waals surface area (Å²) >= 11 is 0. The largest absolute Gasteiger partial charge is 0.463 e. The molecule has 0 aromatic rings.